The first-order chi connectivity index (χ1) is 6.45. The third-order valence-electron chi connectivity index (χ3n) is 1.70. The number of likely N-dealkylation sites (N-methyl/N-ethyl adjacent to an activating group) is 1. The minimum absolute atomic E-state index is 0.132. The van der Waals surface area contributed by atoms with E-state index in [1.54, 1.807) is 6.92 Å². The van der Waals surface area contributed by atoms with Crippen molar-refractivity contribution in [3.05, 3.63) is 0 Å². The average Bonchev–Trinajstić information content (AvgIpc) is 2.04. The molecule has 0 aromatic carbocycles. The Bertz CT molecular complexity index is 221. The lowest BCUT2D eigenvalue weighted by Gasteiger charge is -2.21. The quantitative estimate of drug-likeness (QED) is 0.682. The maximum absolute atomic E-state index is 9.79. The predicted molar refractivity (Wildman–Crippen MR) is 55.0 cm³/mol. The van der Waals surface area contributed by atoms with E-state index in [0.29, 0.717) is 6.42 Å². The molecule has 0 aromatic rings. The Balaban J connectivity index is 0.000000241. The van der Waals surface area contributed by atoms with E-state index in [1.807, 2.05) is 0 Å². The number of morpholine rings is 1. The Labute approximate surface area is 85.8 Å². The van der Waals surface area contributed by atoms with Crippen molar-refractivity contribution >= 4 is 10.1 Å². The van der Waals surface area contributed by atoms with E-state index in [4.69, 9.17) is 9.29 Å². The molecule has 0 unspecified atom stereocenters. The Hall–Kier alpha value is -0.170. The molecule has 1 N–H and O–H groups in total. The van der Waals surface area contributed by atoms with Gasteiger partial charge < -0.3 is 9.64 Å². The highest BCUT2D eigenvalue weighted by Gasteiger charge is 2.02. The molecular formula is C8H19NO4S. The van der Waals surface area contributed by atoms with Crippen LogP contribution < -0.4 is 0 Å². The minimum Gasteiger partial charge on any atom is -0.379 e. The van der Waals surface area contributed by atoms with E-state index in [1.165, 1.54) is 0 Å². The predicted octanol–water partition coefficient (Wildman–Crippen LogP) is 0.233. The number of hydrogen-bond acceptors (Lipinski definition) is 4. The maximum atomic E-state index is 9.79. The summed E-state index contributed by atoms with van der Waals surface area (Å²) in [6, 6.07) is 0. The third kappa shape index (κ3) is 9.91. The summed E-state index contributed by atoms with van der Waals surface area (Å²) in [7, 11) is -1.56. The van der Waals surface area contributed by atoms with E-state index in [-0.39, 0.29) is 5.75 Å². The second-order valence-corrected chi connectivity index (χ2v) is 4.77. The van der Waals surface area contributed by atoms with Gasteiger partial charge in [-0.2, -0.15) is 8.42 Å². The molecule has 6 heteroatoms. The van der Waals surface area contributed by atoms with Crippen LogP contribution in [0.1, 0.15) is 13.3 Å². The van der Waals surface area contributed by atoms with Gasteiger partial charge >= 0.3 is 0 Å². The highest BCUT2D eigenvalue weighted by molar-refractivity contribution is 7.85. The second-order valence-electron chi connectivity index (χ2n) is 3.20. The van der Waals surface area contributed by atoms with Gasteiger partial charge in [-0.15, -0.1) is 0 Å². The average molecular weight is 225 g/mol. The van der Waals surface area contributed by atoms with E-state index < -0.39 is 10.1 Å². The van der Waals surface area contributed by atoms with E-state index >= 15 is 0 Å². The standard InChI is InChI=1S/C5H11NO.C3H8O3S/c1-6-2-4-7-5-3-6;1-2-3-7(4,5)6/h2-5H2,1H3;2-3H2,1H3,(H,4,5,6). The maximum Gasteiger partial charge on any atom is 0.264 e. The van der Waals surface area contributed by atoms with E-state index in [0.717, 1.165) is 26.3 Å². The van der Waals surface area contributed by atoms with Crippen LogP contribution in [0.5, 0.6) is 0 Å². The lowest BCUT2D eigenvalue weighted by Crippen LogP contribution is -2.32. The molecule has 1 saturated heterocycles. The Morgan fingerprint density at radius 1 is 1.36 bits per heavy atom. The van der Waals surface area contributed by atoms with Crippen molar-refractivity contribution in [2.45, 2.75) is 13.3 Å². The van der Waals surface area contributed by atoms with Crippen LogP contribution in [0, 0.1) is 0 Å². The van der Waals surface area contributed by atoms with Crippen LogP contribution in [-0.2, 0) is 14.9 Å². The molecule has 0 aromatic heterocycles. The largest absolute Gasteiger partial charge is 0.379 e. The number of ether oxygens (including phenoxy) is 1. The minimum atomic E-state index is -3.67. The van der Waals surface area contributed by atoms with Crippen molar-refractivity contribution < 1.29 is 17.7 Å². The van der Waals surface area contributed by atoms with Crippen LogP contribution in [0.4, 0.5) is 0 Å². The van der Waals surface area contributed by atoms with Crippen LogP contribution in [0.2, 0.25) is 0 Å². The zero-order valence-corrected chi connectivity index (χ0v) is 9.59. The fourth-order valence-corrected chi connectivity index (χ4v) is 1.43. The van der Waals surface area contributed by atoms with Crippen molar-refractivity contribution in [2.24, 2.45) is 0 Å². The van der Waals surface area contributed by atoms with Gasteiger partial charge in [-0.1, -0.05) is 6.92 Å². The molecule has 1 fully saturated rings. The summed E-state index contributed by atoms with van der Waals surface area (Å²) in [6.45, 7) is 5.71. The Morgan fingerprint density at radius 3 is 2.00 bits per heavy atom. The van der Waals surface area contributed by atoms with Crippen LogP contribution in [-0.4, -0.2) is 57.0 Å². The molecule has 0 radical (unpaired) electrons. The summed E-state index contributed by atoms with van der Waals surface area (Å²) in [6.07, 6.45) is 0.471. The normalized spacial score (nSPS) is 18.5. The SMILES string of the molecule is CCCS(=O)(=O)O.CN1CCOCC1. The van der Waals surface area contributed by atoms with E-state index in [9.17, 15) is 8.42 Å². The highest BCUT2D eigenvalue weighted by atomic mass is 32.2. The highest BCUT2D eigenvalue weighted by Crippen LogP contribution is 1.89. The fraction of sp³-hybridized carbons (Fsp3) is 1.00. The fourth-order valence-electron chi connectivity index (χ4n) is 0.913. The molecule has 0 atom stereocenters. The smallest absolute Gasteiger partial charge is 0.264 e. The van der Waals surface area contributed by atoms with Crippen LogP contribution in [0.25, 0.3) is 0 Å². The van der Waals surface area contributed by atoms with Crippen molar-refractivity contribution in [1.82, 2.24) is 4.90 Å². The third-order valence-corrected chi connectivity index (χ3v) is 2.62. The van der Waals surface area contributed by atoms with Gasteiger partial charge in [0.25, 0.3) is 10.1 Å². The summed E-state index contributed by atoms with van der Waals surface area (Å²) in [5.41, 5.74) is 0. The summed E-state index contributed by atoms with van der Waals surface area (Å²) in [4.78, 5) is 2.27. The van der Waals surface area contributed by atoms with Gasteiger partial charge in [-0.3, -0.25) is 4.55 Å². The number of hydrogen-bond donors (Lipinski definition) is 1. The first kappa shape index (κ1) is 13.8. The summed E-state index contributed by atoms with van der Waals surface area (Å²) >= 11 is 0. The Kier molecular flexibility index (Phi) is 7.08. The lowest BCUT2D eigenvalue weighted by molar-refractivity contribution is 0.0503. The monoisotopic (exact) mass is 225 g/mol. The van der Waals surface area contributed by atoms with Crippen molar-refractivity contribution in [3.8, 4) is 0 Å². The molecule has 1 aliphatic heterocycles. The molecule has 5 nitrogen and oxygen atoms in total. The van der Waals surface area contributed by atoms with Gasteiger partial charge in [0, 0.05) is 13.1 Å². The van der Waals surface area contributed by atoms with Gasteiger partial charge in [0.05, 0.1) is 19.0 Å². The van der Waals surface area contributed by atoms with Crippen molar-refractivity contribution in [1.29, 1.82) is 0 Å². The number of rotatable bonds is 2. The van der Waals surface area contributed by atoms with Crippen LogP contribution in [0.15, 0.2) is 0 Å². The first-order valence-electron chi connectivity index (χ1n) is 4.67. The first-order valence-corrected chi connectivity index (χ1v) is 6.28. The molecule has 0 saturated carbocycles. The van der Waals surface area contributed by atoms with Gasteiger partial charge in [-0.25, -0.2) is 0 Å². The molecule has 86 valence electrons. The summed E-state index contributed by atoms with van der Waals surface area (Å²) in [5.74, 6) is -0.132. The Morgan fingerprint density at radius 2 is 1.86 bits per heavy atom. The van der Waals surface area contributed by atoms with Gasteiger partial charge in [0.15, 0.2) is 0 Å². The zero-order chi connectivity index (χ0) is 11.0. The summed E-state index contributed by atoms with van der Waals surface area (Å²) in [5, 5.41) is 0. The molecular weight excluding hydrogens is 206 g/mol. The van der Waals surface area contributed by atoms with Gasteiger partial charge in [-0.05, 0) is 13.5 Å². The van der Waals surface area contributed by atoms with Gasteiger partial charge in [0.2, 0.25) is 0 Å². The molecule has 1 aliphatic rings. The molecule has 0 bridgehead atoms. The number of nitrogens with zero attached hydrogens (tertiary/aromatic N) is 1. The molecule has 0 spiro atoms. The zero-order valence-electron chi connectivity index (χ0n) is 8.77. The topological polar surface area (TPSA) is 66.8 Å². The summed E-state index contributed by atoms with van der Waals surface area (Å²) < 4.78 is 32.7. The van der Waals surface area contributed by atoms with Gasteiger partial charge in [0.1, 0.15) is 0 Å². The molecule has 0 amide bonds. The second kappa shape index (κ2) is 7.17. The molecule has 1 heterocycles. The lowest BCUT2D eigenvalue weighted by atomic mass is 10.5. The van der Waals surface area contributed by atoms with Crippen LogP contribution in [0.3, 0.4) is 0 Å². The van der Waals surface area contributed by atoms with Crippen LogP contribution >= 0.6 is 0 Å². The molecule has 14 heavy (non-hydrogen) atoms. The van der Waals surface area contributed by atoms with Crippen molar-refractivity contribution in [3.63, 3.8) is 0 Å². The molecule has 0 aliphatic carbocycles. The van der Waals surface area contributed by atoms with Crippen molar-refractivity contribution in [2.75, 3.05) is 39.1 Å². The van der Waals surface area contributed by atoms with E-state index in [2.05, 4.69) is 11.9 Å². The molecule has 1 rings (SSSR count).